The maximum atomic E-state index is 12.1. The first-order chi connectivity index (χ1) is 8.97. The highest BCUT2D eigenvalue weighted by molar-refractivity contribution is 5.82. The van der Waals surface area contributed by atoms with E-state index in [1.165, 1.54) is 0 Å². The van der Waals surface area contributed by atoms with Crippen LogP contribution in [0.15, 0.2) is 0 Å². The number of amides is 2. The summed E-state index contributed by atoms with van der Waals surface area (Å²) in [5.41, 5.74) is 0. The molecule has 1 saturated carbocycles. The molecule has 6 nitrogen and oxygen atoms in total. The maximum absolute atomic E-state index is 12.1. The number of carbonyl (C=O) groups excluding carboxylic acids is 1. The minimum atomic E-state index is -0.928. The van der Waals surface area contributed by atoms with Crippen LogP contribution in [-0.4, -0.2) is 65.7 Å². The number of rotatable bonds is 4. The molecular weight excluding hydrogens is 246 g/mol. The second-order valence-electron chi connectivity index (χ2n) is 5.80. The Balaban J connectivity index is 1.85. The molecule has 2 N–H and O–H groups in total. The van der Waals surface area contributed by atoms with Gasteiger partial charge in [-0.05, 0) is 26.3 Å². The van der Waals surface area contributed by atoms with Gasteiger partial charge in [0.05, 0.1) is 0 Å². The lowest BCUT2D eigenvalue weighted by molar-refractivity contribution is -0.139. The van der Waals surface area contributed by atoms with Gasteiger partial charge in [0.15, 0.2) is 0 Å². The Labute approximate surface area is 113 Å². The number of carbonyl (C=O) groups is 2. The predicted octanol–water partition coefficient (Wildman–Crippen LogP) is 0.585. The fourth-order valence-corrected chi connectivity index (χ4v) is 2.38. The standard InChI is InChI=1S/C13H23N3O3/c1-9-8-16(6-5-15(9)2)13(19)14-11(12(17)18)7-10-3-4-10/h9-11H,3-8H2,1-2H3,(H,14,19)(H,17,18)/t9?,11-/m0/s1. The fourth-order valence-electron chi connectivity index (χ4n) is 2.38. The van der Waals surface area contributed by atoms with Gasteiger partial charge in [-0.2, -0.15) is 0 Å². The molecule has 2 rings (SSSR count). The first-order valence-electron chi connectivity index (χ1n) is 6.96. The number of piperazine rings is 1. The molecule has 1 aliphatic carbocycles. The van der Waals surface area contributed by atoms with Crippen molar-refractivity contribution in [1.82, 2.24) is 15.1 Å². The summed E-state index contributed by atoms with van der Waals surface area (Å²) >= 11 is 0. The van der Waals surface area contributed by atoms with Crippen molar-refractivity contribution in [3.63, 3.8) is 0 Å². The molecule has 1 heterocycles. The summed E-state index contributed by atoms with van der Waals surface area (Å²) in [7, 11) is 2.03. The molecule has 0 aromatic rings. The fraction of sp³-hybridized carbons (Fsp3) is 0.846. The van der Waals surface area contributed by atoms with E-state index in [4.69, 9.17) is 5.11 Å². The highest BCUT2D eigenvalue weighted by atomic mass is 16.4. The smallest absolute Gasteiger partial charge is 0.326 e. The largest absolute Gasteiger partial charge is 0.480 e. The van der Waals surface area contributed by atoms with E-state index in [1.807, 2.05) is 7.05 Å². The van der Waals surface area contributed by atoms with Crippen LogP contribution in [0, 0.1) is 5.92 Å². The molecule has 0 spiro atoms. The minimum Gasteiger partial charge on any atom is -0.480 e. The van der Waals surface area contributed by atoms with Crippen LogP contribution in [0.1, 0.15) is 26.2 Å². The van der Waals surface area contributed by atoms with Crippen LogP contribution in [0.5, 0.6) is 0 Å². The molecule has 0 radical (unpaired) electrons. The molecule has 1 unspecified atom stereocenters. The zero-order valence-corrected chi connectivity index (χ0v) is 11.6. The molecule has 1 aliphatic heterocycles. The van der Waals surface area contributed by atoms with Gasteiger partial charge in [-0.3, -0.25) is 0 Å². The Morgan fingerprint density at radius 3 is 2.58 bits per heavy atom. The van der Waals surface area contributed by atoms with Crippen LogP contribution in [-0.2, 0) is 4.79 Å². The molecule has 6 heteroatoms. The van der Waals surface area contributed by atoms with Gasteiger partial charge >= 0.3 is 12.0 Å². The maximum Gasteiger partial charge on any atom is 0.326 e. The van der Waals surface area contributed by atoms with Crippen LogP contribution in [0.3, 0.4) is 0 Å². The van der Waals surface area contributed by atoms with Crippen molar-refractivity contribution < 1.29 is 14.7 Å². The lowest BCUT2D eigenvalue weighted by atomic mass is 10.1. The molecule has 0 aromatic carbocycles. The molecule has 0 aromatic heterocycles. The Kier molecular flexibility index (Phi) is 4.29. The third-order valence-electron chi connectivity index (χ3n) is 4.11. The summed E-state index contributed by atoms with van der Waals surface area (Å²) in [6.07, 6.45) is 2.74. The number of carboxylic acids is 1. The topological polar surface area (TPSA) is 72.9 Å². The van der Waals surface area contributed by atoms with Crippen LogP contribution < -0.4 is 5.32 Å². The lowest BCUT2D eigenvalue weighted by Crippen LogP contribution is -2.56. The van der Waals surface area contributed by atoms with Gasteiger partial charge < -0.3 is 20.2 Å². The summed E-state index contributed by atoms with van der Waals surface area (Å²) in [5, 5.41) is 11.8. The Morgan fingerprint density at radius 2 is 2.05 bits per heavy atom. The van der Waals surface area contributed by atoms with Crippen molar-refractivity contribution in [2.24, 2.45) is 5.92 Å². The summed E-state index contributed by atoms with van der Waals surface area (Å²) in [6, 6.07) is -0.672. The lowest BCUT2D eigenvalue weighted by Gasteiger charge is -2.38. The summed E-state index contributed by atoms with van der Waals surface area (Å²) in [4.78, 5) is 27.2. The average Bonchev–Trinajstić information content (AvgIpc) is 3.15. The number of nitrogens with zero attached hydrogens (tertiary/aromatic N) is 2. The van der Waals surface area contributed by atoms with Crippen LogP contribution in [0.4, 0.5) is 4.79 Å². The third kappa shape index (κ3) is 3.83. The molecule has 1 saturated heterocycles. The van der Waals surface area contributed by atoms with Gasteiger partial charge in [-0.25, -0.2) is 9.59 Å². The third-order valence-corrected chi connectivity index (χ3v) is 4.11. The number of nitrogens with one attached hydrogen (secondary N) is 1. The van der Waals surface area contributed by atoms with Crippen molar-refractivity contribution in [2.75, 3.05) is 26.7 Å². The minimum absolute atomic E-state index is 0.243. The van der Waals surface area contributed by atoms with E-state index >= 15 is 0 Å². The molecular formula is C13H23N3O3. The van der Waals surface area contributed by atoms with E-state index in [1.54, 1.807) is 4.90 Å². The van der Waals surface area contributed by atoms with E-state index in [0.717, 1.165) is 19.4 Å². The molecule has 19 heavy (non-hydrogen) atoms. The number of likely N-dealkylation sites (N-methyl/N-ethyl adjacent to an activating group) is 1. The second kappa shape index (κ2) is 5.77. The van der Waals surface area contributed by atoms with Crippen LogP contribution >= 0.6 is 0 Å². The van der Waals surface area contributed by atoms with Gasteiger partial charge in [-0.1, -0.05) is 12.8 Å². The van der Waals surface area contributed by atoms with Gasteiger partial charge in [0.2, 0.25) is 0 Å². The SMILES string of the molecule is CC1CN(C(=O)N[C@@H](CC2CC2)C(=O)O)CCN1C. The monoisotopic (exact) mass is 269 g/mol. The van der Waals surface area contributed by atoms with E-state index in [2.05, 4.69) is 17.1 Å². The normalized spacial score (nSPS) is 26.0. The average molecular weight is 269 g/mol. The van der Waals surface area contributed by atoms with E-state index < -0.39 is 12.0 Å². The van der Waals surface area contributed by atoms with Gasteiger partial charge in [-0.15, -0.1) is 0 Å². The van der Waals surface area contributed by atoms with Gasteiger partial charge in [0.1, 0.15) is 6.04 Å². The number of urea groups is 1. The van der Waals surface area contributed by atoms with Crippen LogP contribution in [0.25, 0.3) is 0 Å². The van der Waals surface area contributed by atoms with E-state index in [9.17, 15) is 9.59 Å². The number of hydrogen-bond donors (Lipinski definition) is 2. The van der Waals surface area contributed by atoms with Crippen molar-refractivity contribution in [3.05, 3.63) is 0 Å². The van der Waals surface area contributed by atoms with E-state index in [0.29, 0.717) is 31.5 Å². The molecule has 2 aliphatic rings. The number of aliphatic carboxylic acids is 1. The molecule has 2 amide bonds. The number of hydrogen-bond acceptors (Lipinski definition) is 3. The van der Waals surface area contributed by atoms with Crippen molar-refractivity contribution in [2.45, 2.75) is 38.3 Å². The second-order valence-corrected chi connectivity index (χ2v) is 5.80. The Hall–Kier alpha value is -1.30. The highest BCUT2D eigenvalue weighted by Gasteiger charge is 2.32. The van der Waals surface area contributed by atoms with Crippen molar-refractivity contribution in [3.8, 4) is 0 Å². The Bertz CT molecular complexity index is 357. The number of carboxylic acid groups (broad SMARTS) is 1. The zero-order chi connectivity index (χ0) is 14.0. The highest BCUT2D eigenvalue weighted by Crippen LogP contribution is 2.33. The summed E-state index contributed by atoms with van der Waals surface area (Å²) < 4.78 is 0. The quantitative estimate of drug-likeness (QED) is 0.783. The molecule has 2 fully saturated rings. The summed E-state index contributed by atoms with van der Waals surface area (Å²) in [6.45, 7) is 4.20. The van der Waals surface area contributed by atoms with Crippen molar-refractivity contribution in [1.29, 1.82) is 0 Å². The Morgan fingerprint density at radius 1 is 1.37 bits per heavy atom. The zero-order valence-electron chi connectivity index (χ0n) is 11.6. The first kappa shape index (κ1) is 14.1. The predicted molar refractivity (Wildman–Crippen MR) is 71.0 cm³/mol. The molecule has 0 bridgehead atoms. The van der Waals surface area contributed by atoms with E-state index in [-0.39, 0.29) is 6.03 Å². The van der Waals surface area contributed by atoms with Crippen molar-refractivity contribution >= 4 is 12.0 Å². The summed E-state index contributed by atoms with van der Waals surface area (Å²) in [5.74, 6) is -0.449. The van der Waals surface area contributed by atoms with Gasteiger partial charge in [0.25, 0.3) is 0 Å². The molecule has 108 valence electrons. The van der Waals surface area contributed by atoms with Gasteiger partial charge in [0, 0.05) is 25.7 Å². The molecule has 2 atom stereocenters. The van der Waals surface area contributed by atoms with Crippen LogP contribution in [0.2, 0.25) is 0 Å². The first-order valence-corrected chi connectivity index (χ1v) is 6.96.